The number of rotatable bonds is 6. The molecule has 0 amide bonds. The molecular weight excluding hydrogens is 284 g/mol. The Hall–Kier alpha value is -0.250. The van der Waals surface area contributed by atoms with Crippen LogP contribution in [0.3, 0.4) is 0 Å². The van der Waals surface area contributed by atoms with Crippen LogP contribution >= 0.6 is 0 Å². The maximum Gasteiger partial charge on any atom is 0.282 e. The minimum atomic E-state index is -3.38. The van der Waals surface area contributed by atoms with Crippen molar-refractivity contribution < 1.29 is 22.6 Å². The van der Waals surface area contributed by atoms with Gasteiger partial charge in [0.15, 0.2) is 0 Å². The first-order valence-corrected chi connectivity index (χ1v) is 8.34. The molecule has 0 spiro atoms. The molecule has 0 radical (unpaired) electrons. The normalized spacial score (nSPS) is 30.4. The molecule has 2 saturated heterocycles. The third-order valence-corrected chi connectivity index (χ3v) is 5.40. The third kappa shape index (κ3) is 3.69. The van der Waals surface area contributed by atoms with Gasteiger partial charge in [0.25, 0.3) is 10.2 Å². The van der Waals surface area contributed by atoms with Crippen LogP contribution in [0.4, 0.5) is 0 Å². The smallest absolute Gasteiger partial charge is 0.282 e. The molecule has 0 aromatic rings. The third-order valence-electron chi connectivity index (χ3n) is 3.49. The van der Waals surface area contributed by atoms with Crippen LogP contribution in [0.5, 0.6) is 0 Å². The second-order valence-electron chi connectivity index (χ2n) is 5.38. The predicted octanol–water partition coefficient (Wildman–Crippen LogP) is -0.312. The van der Waals surface area contributed by atoms with E-state index in [0.717, 1.165) is 0 Å². The van der Waals surface area contributed by atoms with Gasteiger partial charge in [-0.3, -0.25) is 0 Å². The Balaban J connectivity index is 1.83. The predicted molar refractivity (Wildman–Crippen MR) is 73.7 cm³/mol. The van der Waals surface area contributed by atoms with E-state index >= 15 is 0 Å². The zero-order chi connectivity index (χ0) is 14.8. The SMILES string of the molecule is COCCOC1CN(S(=O)(=O)N2C[C@H](C)O[C@@H](C)C2)C1. The molecule has 0 aromatic heterocycles. The van der Waals surface area contributed by atoms with Gasteiger partial charge in [0, 0.05) is 33.3 Å². The van der Waals surface area contributed by atoms with Gasteiger partial charge in [-0.1, -0.05) is 0 Å². The molecule has 0 aromatic carbocycles. The molecule has 2 fully saturated rings. The van der Waals surface area contributed by atoms with Crippen LogP contribution in [0.15, 0.2) is 0 Å². The van der Waals surface area contributed by atoms with E-state index in [0.29, 0.717) is 39.4 Å². The van der Waals surface area contributed by atoms with Crippen molar-refractivity contribution in [1.29, 1.82) is 0 Å². The summed E-state index contributed by atoms with van der Waals surface area (Å²) in [6.45, 7) is 6.49. The molecule has 2 rings (SSSR count). The lowest BCUT2D eigenvalue weighted by Gasteiger charge is -2.43. The van der Waals surface area contributed by atoms with Crippen LogP contribution < -0.4 is 0 Å². The quantitative estimate of drug-likeness (QED) is 0.630. The summed E-state index contributed by atoms with van der Waals surface area (Å²) in [5, 5.41) is 0. The van der Waals surface area contributed by atoms with E-state index in [1.165, 1.54) is 8.61 Å². The van der Waals surface area contributed by atoms with E-state index in [9.17, 15) is 8.42 Å². The molecule has 0 aliphatic carbocycles. The first kappa shape index (κ1) is 16.1. The van der Waals surface area contributed by atoms with Crippen molar-refractivity contribution in [3.63, 3.8) is 0 Å². The van der Waals surface area contributed by atoms with Gasteiger partial charge in [0.1, 0.15) is 0 Å². The van der Waals surface area contributed by atoms with Crippen molar-refractivity contribution >= 4 is 10.2 Å². The van der Waals surface area contributed by atoms with Crippen LogP contribution in [-0.4, -0.2) is 81.8 Å². The van der Waals surface area contributed by atoms with Gasteiger partial charge in [-0.15, -0.1) is 0 Å². The summed E-state index contributed by atoms with van der Waals surface area (Å²) in [6, 6.07) is 0. The topological polar surface area (TPSA) is 68.3 Å². The van der Waals surface area contributed by atoms with Crippen LogP contribution in [0.1, 0.15) is 13.8 Å². The Morgan fingerprint density at radius 3 is 2.15 bits per heavy atom. The number of nitrogens with zero attached hydrogens (tertiary/aromatic N) is 2. The van der Waals surface area contributed by atoms with Gasteiger partial charge in [-0.25, -0.2) is 0 Å². The number of ether oxygens (including phenoxy) is 3. The monoisotopic (exact) mass is 308 g/mol. The summed E-state index contributed by atoms with van der Waals surface area (Å²) in [5.74, 6) is 0. The molecule has 0 unspecified atom stereocenters. The van der Waals surface area contributed by atoms with Crippen LogP contribution in [0.2, 0.25) is 0 Å². The molecule has 2 atom stereocenters. The fourth-order valence-electron chi connectivity index (χ4n) is 2.48. The second-order valence-corrected chi connectivity index (χ2v) is 7.31. The van der Waals surface area contributed by atoms with Crippen LogP contribution in [0, 0.1) is 0 Å². The Morgan fingerprint density at radius 1 is 1.05 bits per heavy atom. The van der Waals surface area contributed by atoms with E-state index in [-0.39, 0.29) is 18.3 Å². The summed E-state index contributed by atoms with van der Waals surface area (Å²) in [6.07, 6.45) is -0.150. The van der Waals surface area contributed by atoms with Gasteiger partial charge >= 0.3 is 0 Å². The largest absolute Gasteiger partial charge is 0.382 e. The van der Waals surface area contributed by atoms with Gasteiger partial charge in [0.05, 0.1) is 31.5 Å². The maximum atomic E-state index is 12.5. The average molecular weight is 308 g/mol. The Labute approximate surface area is 120 Å². The highest BCUT2D eigenvalue weighted by atomic mass is 32.2. The van der Waals surface area contributed by atoms with Gasteiger partial charge in [-0.2, -0.15) is 17.0 Å². The minimum Gasteiger partial charge on any atom is -0.382 e. The van der Waals surface area contributed by atoms with E-state index in [1.807, 2.05) is 13.8 Å². The Morgan fingerprint density at radius 2 is 1.60 bits per heavy atom. The lowest BCUT2D eigenvalue weighted by atomic mass is 10.2. The van der Waals surface area contributed by atoms with Crippen molar-refractivity contribution in [2.24, 2.45) is 0 Å². The van der Waals surface area contributed by atoms with Crippen molar-refractivity contribution in [1.82, 2.24) is 8.61 Å². The molecular formula is C12H24N2O5S. The number of methoxy groups -OCH3 is 1. The van der Waals surface area contributed by atoms with Crippen molar-refractivity contribution in [3.8, 4) is 0 Å². The summed E-state index contributed by atoms with van der Waals surface area (Å²) in [4.78, 5) is 0. The number of hydrogen-bond acceptors (Lipinski definition) is 5. The fourth-order valence-corrected chi connectivity index (χ4v) is 4.31. The second kappa shape index (κ2) is 6.67. The summed E-state index contributed by atoms with van der Waals surface area (Å²) in [5.41, 5.74) is 0. The average Bonchev–Trinajstić information content (AvgIpc) is 2.30. The van der Waals surface area contributed by atoms with E-state index in [2.05, 4.69) is 0 Å². The number of morpholine rings is 1. The Kier molecular flexibility index (Phi) is 5.38. The van der Waals surface area contributed by atoms with Gasteiger partial charge < -0.3 is 14.2 Å². The lowest BCUT2D eigenvalue weighted by Crippen LogP contribution is -2.61. The van der Waals surface area contributed by atoms with Crippen molar-refractivity contribution in [2.75, 3.05) is 46.5 Å². The summed E-state index contributed by atoms with van der Waals surface area (Å²) >= 11 is 0. The van der Waals surface area contributed by atoms with E-state index in [4.69, 9.17) is 14.2 Å². The highest BCUT2D eigenvalue weighted by Crippen LogP contribution is 2.22. The minimum absolute atomic E-state index is 0.0178. The molecule has 20 heavy (non-hydrogen) atoms. The van der Waals surface area contributed by atoms with Crippen LogP contribution in [-0.2, 0) is 24.4 Å². The maximum absolute atomic E-state index is 12.5. The van der Waals surface area contributed by atoms with Crippen molar-refractivity contribution in [3.05, 3.63) is 0 Å². The fraction of sp³-hybridized carbons (Fsp3) is 1.00. The first-order chi connectivity index (χ1) is 9.43. The van der Waals surface area contributed by atoms with Crippen LogP contribution in [0.25, 0.3) is 0 Å². The Bertz CT molecular complexity index is 400. The number of hydrogen-bond donors (Lipinski definition) is 0. The molecule has 2 aliphatic heterocycles. The van der Waals surface area contributed by atoms with E-state index < -0.39 is 10.2 Å². The molecule has 0 bridgehead atoms. The standard InChI is InChI=1S/C12H24N2O5S/c1-10-6-13(7-11(2)19-10)20(15,16)14-8-12(9-14)18-5-4-17-3/h10-12H,4-9H2,1-3H3/t10-,11-/m0/s1. The highest BCUT2D eigenvalue weighted by molar-refractivity contribution is 7.86. The molecule has 118 valence electrons. The molecule has 2 heterocycles. The summed E-state index contributed by atoms with van der Waals surface area (Å²) < 4.78 is 43.8. The zero-order valence-electron chi connectivity index (χ0n) is 12.3. The highest BCUT2D eigenvalue weighted by Gasteiger charge is 2.42. The van der Waals surface area contributed by atoms with Gasteiger partial charge in [-0.05, 0) is 13.8 Å². The van der Waals surface area contributed by atoms with Crippen molar-refractivity contribution in [2.45, 2.75) is 32.2 Å². The lowest BCUT2D eigenvalue weighted by molar-refractivity contribution is -0.0553. The summed E-state index contributed by atoms with van der Waals surface area (Å²) in [7, 11) is -1.77. The van der Waals surface area contributed by atoms with E-state index in [1.54, 1.807) is 7.11 Å². The first-order valence-electron chi connectivity index (χ1n) is 6.94. The molecule has 2 aliphatic rings. The molecule has 0 N–H and O–H groups in total. The molecule has 8 heteroatoms. The molecule has 0 saturated carbocycles. The zero-order valence-corrected chi connectivity index (χ0v) is 13.1. The van der Waals surface area contributed by atoms with Gasteiger partial charge in [0.2, 0.25) is 0 Å². The molecule has 7 nitrogen and oxygen atoms in total.